The maximum atomic E-state index is 12.8. The quantitative estimate of drug-likeness (QED) is 0.867. The maximum absolute atomic E-state index is 12.8. The summed E-state index contributed by atoms with van der Waals surface area (Å²) in [5, 5.41) is 7.16. The average molecular weight is 326 g/mol. The number of nitrogens with zero attached hydrogens (tertiary/aromatic N) is 1. The molecule has 1 unspecified atom stereocenters. The summed E-state index contributed by atoms with van der Waals surface area (Å²) in [5.41, 5.74) is 1.36. The van der Waals surface area contributed by atoms with Gasteiger partial charge in [-0.3, -0.25) is 9.59 Å². The van der Waals surface area contributed by atoms with Gasteiger partial charge < -0.3 is 14.7 Å². The number of fused-ring (bicyclic) bond motifs is 1. The third kappa shape index (κ3) is 3.59. The van der Waals surface area contributed by atoms with Gasteiger partial charge in [0.15, 0.2) is 0 Å². The Morgan fingerprint density at radius 1 is 1.41 bits per heavy atom. The van der Waals surface area contributed by atoms with Crippen molar-refractivity contribution in [3.8, 4) is 0 Å². The van der Waals surface area contributed by atoms with Gasteiger partial charge in [0, 0.05) is 17.8 Å². The fourth-order valence-electron chi connectivity index (χ4n) is 2.41. The average Bonchev–Trinajstić information content (AvgIpc) is 2.48. The monoisotopic (exact) mass is 325 g/mol. The normalized spacial score (nSPS) is 22.2. The Morgan fingerprint density at radius 2 is 2.05 bits per heavy atom. The van der Waals surface area contributed by atoms with Crippen LogP contribution in [0.2, 0.25) is 0 Å². The predicted octanol–water partition coefficient (Wildman–Crippen LogP) is 3.01. The van der Waals surface area contributed by atoms with Crippen LogP contribution in [-0.2, 0) is 20.9 Å². The molecule has 0 radical (unpaired) electrons. The van der Waals surface area contributed by atoms with Crippen LogP contribution in [0.25, 0.3) is 0 Å². The minimum Gasteiger partial charge on any atom is -0.481 e. The standard InChI is InChI=1S/C16H20ClNO4/c1-15(2,3)10-18-12-7-5-4-6-11(12)9-22-16(17,14(18)21)8-13(19)20/h4-7H,8-10H2,1-3H3,(H,19,20). The molecule has 1 aromatic rings. The van der Waals surface area contributed by atoms with Gasteiger partial charge in [0.05, 0.1) is 13.0 Å². The second kappa shape index (κ2) is 5.89. The minimum absolute atomic E-state index is 0.0966. The zero-order valence-electron chi connectivity index (χ0n) is 12.9. The second-order valence-electron chi connectivity index (χ2n) is 6.67. The molecule has 120 valence electrons. The van der Waals surface area contributed by atoms with Crippen molar-refractivity contribution in [2.24, 2.45) is 5.41 Å². The van der Waals surface area contributed by atoms with Gasteiger partial charge in [-0.05, 0) is 11.5 Å². The first-order chi connectivity index (χ1) is 10.1. The molecule has 1 N–H and O–H groups in total. The Balaban J connectivity index is 2.48. The summed E-state index contributed by atoms with van der Waals surface area (Å²) in [4.78, 5) is 25.4. The summed E-state index contributed by atoms with van der Waals surface area (Å²) >= 11 is 6.24. The fourth-order valence-corrected chi connectivity index (χ4v) is 2.68. The zero-order chi connectivity index (χ0) is 16.5. The molecule has 2 rings (SSSR count). The van der Waals surface area contributed by atoms with Crippen molar-refractivity contribution in [2.75, 3.05) is 11.4 Å². The van der Waals surface area contributed by atoms with E-state index in [0.717, 1.165) is 11.3 Å². The molecule has 22 heavy (non-hydrogen) atoms. The number of carbonyl (C=O) groups excluding carboxylic acids is 1. The third-order valence-electron chi connectivity index (χ3n) is 3.31. The molecule has 1 aliphatic rings. The number of ether oxygens (including phenoxy) is 1. The number of benzene rings is 1. The molecule has 1 aliphatic heterocycles. The molecule has 1 aromatic carbocycles. The van der Waals surface area contributed by atoms with Gasteiger partial charge in [0.1, 0.15) is 0 Å². The number of rotatable bonds is 3. The minimum atomic E-state index is -1.88. The largest absolute Gasteiger partial charge is 0.481 e. The lowest BCUT2D eigenvalue weighted by Crippen LogP contribution is -2.49. The number of anilines is 1. The van der Waals surface area contributed by atoms with Crippen molar-refractivity contribution >= 4 is 29.2 Å². The van der Waals surface area contributed by atoms with Crippen molar-refractivity contribution < 1.29 is 19.4 Å². The van der Waals surface area contributed by atoms with Gasteiger partial charge in [-0.25, -0.2) is 0 Å². The first kappa shape index (κ1) is 16.8. The molecule has 0 fully saturated rings. The number of carboxylic acids is 1. The van der Waals surface area contributed by atoms with Gasteiger partial charge in [-0.15, -0.1) is 0 Å². The SMILES string of the molecule is CC(C)(C)CN1C(=O)C(Cl)(CC(=O)O)OCc2ccccc21. The lowest BCUT2D eigenvalue weighted by Gasteiger charge is -2.33. The molecule has 0 aromatic heterocycles. The van der Waals surface area contributed by atoms with Crippen molar-refractivity contribution in [3.05, 3.63) is 29.8 Å². The van der Waals surface area contributed by atoms with Crippen molar-refractivity contribution in [1.29, 1.82) is 0 Å². The lowest BCUT2D eigenvalue weighted by molar-refractivity contribution is -0.149. The highest BCUT2D eigenvalue weighted by Crippen LogP contribution is 2.36. The van der Waals surface area contributed by atoms with Crippen LogP contribution in [-0.4, -0.2) is 28.6 Å². The van der Waals surface area contributed by atoms with Crippen LogP contribution < -0.4 is 4.90 Å². The van der Waals surface area contributed by atoms with E-state index in [1.807, 2.05) is 45.0 Å². The Hall–Kier alpha value is -1.59. The summed E-state index contributed by atoms with van der Waals surface area (Å²) in [6.45, 7) is 6.52. The number of amides is 1. The summed E-state index contributed by atoms with van der Waals surface area (Å²) < 4.78 is 5.48. The van der Waals surface area contributed by atoms with Gasteiger partial charge in [0.25, 0.3) is 5.91 Å². The van der Waals surface area contributed by atoms with Crippen LogP contribution in [0, 0.1) is 5.41 Å². The summed E-state index contributed by atoms with van der Waals surface area (Å²) in [5.74, 6) is -1.71. The number of alkyl halides is 1. The number of halogens is 1. The Kier molecular flexibility index (Phi) is 4.49. The van der Waals surface area contributed by atoms with E-state index >= 15 is 0 Å². The van der Waals surface area contributed by atoms with Gasteiger partial charge >= 0.3 is 5.97 Å². The Labute approximate surface area is 134 Å². The number of hydrogen-bond donors (Lipinski definition) is 1. The molecule has 0 bridgehead atoms. The highest BCUT2D eigenvalue weighted by Gasteiger charge is 2.46. The molecule has 1 heterocycles. The molecule has 0 spiro atoms. The fraction of sp³-hybridized carbons (Fsp3) is 0.500. The van der Waals surface area contributed by atoms with Gasteiger partial charge in [-0.1, -0.05) is 50.6 Å². The maximum Gasteiger partial charge on any atom is 0.308 e. The van der Waals surface area contributed by atoms with Crippen LogP contribution in [0.1, 0.15) is 32.8 Å². The number of aliphatic carboxylic acids is 1. The smallest absolute Gasteiger partial charge is 0.308 e. The molecule has 5 nitrogen and oxygen atoms in total. The van der Waals surface area contributed by atoms with Crippen molar-refractivity contribution in [3.63, 3.8) is 0 Å². The first-order valence-corrected chi connectivity index (χ1v) is 7.45. The summed E-state index contributed by atoms with van der Waals surface area (Å²) in [6.07, 6.45) is -0.581. The Bertz CT molecular complexity index is 596. The highest BCUT2D eigenvalue weighted by atomic mass is 35.5. The number of para-hydroxylation sites is 1. The van der Waals surface area contributed by atoms with E-state index in [-0.39, 0.29) is 12.0 Å². The van der Waals surface area contributed by atoms with E-state index in [1.165, 1.54) is 4.90 Å². The van der Waals surface area contributed by atoms with Crippen LogP contribution in [0.4, 0.5) is 5.69 Å². The number of carbonyl (C=O) groups is 2. The molecular weight excluding hydrogens is 306 g/mol. The zero-order valence-corrected chi connectivity index (χ0v) is 13.7. The third-order valence-corrected chi connectivity index (χ3v) is 3.72. The van der Waals surface area contributed by atoms with Crippen LogP contribution in [0.3, 0.4) is 0 Å². The second-order valence-corrected chi connectivity index (χ2v) is 7.28. The summed E-state index contributed by atoms with van der Waals surface area (Å²) in [7, 11) is 0. The molecule has 0 aliphatic carbocycles. The molecule has 0 saturated heterocycles. The van der Waals surface area contributed by atoms with Crippen molar-refractivity contribution in [2.45, 2.75) is 38.9 Å². The van der Waals surface area contributed by atoms with Crippen molar-refractivity contribution in [1.82, 2.24) is 0 Å². The van der Waals surface area contributed by atoms with E-state index in [4.69, 9.17) is 21.4 Å². The van der Waals surface area contributed by atoms with Crippen LogP contribution in [0.15, 0.2) is 24.3 Å². The van der Waals surface area contributed by atoms with E-state index in [0.29, 0.717) is 6.54 Å². The Morgan fingerprint density at radius 3 is 2.64 bits per heavy atom. The molecular formula is C16H20ClNO4. The molecule has 0 saturated carbocycles. The molecule has 1 atom stereocenters. The van der Waals surface area contributed by atoms with Crippen LogP contribution >= 0.6 is 11.6 Å². The molecule has 6 heteroatoms. The first-order valence-electron chi connectivity index (χ1n) is 7.07. The highest BCUT2D eigenvalue weighted by molar-refractivity contribution is 6.36. The summed E-state index contributed by atoms with van der Waals surface area (Å²) in [6, 6.07) is 7.36. The number of hydrogen-bond acceptors (Lipinski definition) is 3. The van der Waals surface area contributed by atoms with Crippen LogP contribution in [0.5, 0.6) is 0 Å². The van der Waals surface area contributed by atoms with Gasteiger partial charge in [-0.2, -0.15) is 0 Å². The topological polar surface area (TPSA) is 66.8 Å². The predicted molar refractivity (Wildman–Crippen MR) is 83.9 cm³/mol. The lowest BCUT2D eigenvalue weighted by atomic mass is 9.95. The molecule has 1 amide bonds. The van der Waals surface area contributed by atoms with E-state index in [1.54, 1.807) is 0 Å². The van der Waals surface area contributed by atoms with E-state index < -0.39 is 23.4 Å². The van der Waals surface area contributed by atoms with E-state index in [9.17, 15) is 9.59 Å². The van der Waals surface area contributed by atoms with E-state index in [2.05, 4.69) is 0 Å². The van der Waals surface area contributed by atoms with Gasteiger partial charge in [0.2, 0.25) is 5.06 Å². The number of carboxylic acid groups (broad SMARTS) is 1.